The lowest BCUT2D eigenvalue weighted by molar-refractivity contribution is 0.777. The molecule has 1 aliphatic carbocycles. The van der Waals surface area contributed by atoms with Gasteiger partial charge in [-0.1, -0.05) is 18.2 Å². The Morgan fingerprint density at radius 1 is 1.13 bits per heavy atom. The highest BCUT2D eigenvalue weighted by Gasteiger charge is 2.21. The van der Waals surface area contributed by atoms with E-state index in [1.807, 2.05) is 18.2 Å². The molecule has 0 saturated carbocycles. The van der Waals surface area contributed by atoms with Crippen LogP contribution in [0.1, 0.15) is 17.7 Å². The van der Waals surface area contributed by atoms with Crippen molar-refractivity contribution in [2.45, 2.75) is 19.3 Å². The topological polar surface area (TPSA) is 17.8 Å². The molecule has 0 saturated heterocycles. The molecule has 3 heteroatoms. The quantitative estimate of drug-likeness (QED) is 0.772. The minimum absolute atomic E-state index is 1.01. The Balaban J connectivity index is 2.18. The van der Waals surface area contributed by atoms with E-state index in [2.05, 4.69) is 37.8 Å². The van der Waals surface area contributed by atoms with E-state index < -0.39 is 0 Å². The summed E-state index contributed by atoms with van der Waals surface area (Å²) in [7, 11) is 0. The van der Waals surface area contributed by atoms with E-state index in [0.29, 0.717) is 0 Å². The first-order chi connectivity index (χ1) is 7.36. The maximum atomic E-state index is 4.54. The first kappa shape index (κ1) is 9.16. The molecule has 0 spiro atoms. The van der Waals surface area contributed by atoms with Crippen LogP contribution in [0.15, 0.2) is 34.9 Å². The second-order valence-electron chi connectivity index (χ2n) is 3.82. The van der Waals surface area contributed by atoms with Gasteiger partial charge in [-0.25, -0.2) is 4.68 Å². The van der Waals surface area contributed by atoms with Crippen molar-refractivity contribution in [1.82, 2.24) is 9.78 Å². The Labute approximate surface area is 97.1 Å². The van der Waals surface area contributed by atoms with Crippen LogP contribution in [0.3, 0.4) is 0 Å². The SMILES string of the molecule is Brc1nn(-c2ccccc2)c2c1CCC2. The van der Waals surface area contributed by atoms with E-state index in [1.54, 1.807) is 0 Å². The predicted molar refractivity (Wildman–Crippen MR) is 63.3 cm³/mol. The summed E-state index contributed by atoms with van der Waals surface area (Å²) >= 11 is 3.53. The number of fused-ring (bicyclic) bond motifs is 1. The van der Waals surface area contributed by atoms with Crippen molar-refractivity contribution >= 4 is 15.9 Å². The second kappa shape index (κ2) is 3.49. The molecule has 0 aliphatic heterocycles. The average molecular weight is 263 g/mol. The average Bonchev–Trinajstić information content (AvgIpc) is 2.84. The van der Waals surface area contributed by atoms with Crippen molar-refractivity contribution in [2.24, 2.45) is 0 Å². The van der Waals surface area contributed by atoms with Crippen molar-refractivity contribution in [3.8, 4) is 5.69 Å². The normalized spacial score (nSPS) is 14.2. The fourth-order valence-electron chi connectivity index (χ4n) is 2.18. The highest BCUT2D eigenvalue weighted by atomic mass is 79.9. The highest BCUT2D eigenvalue weighted by Crippen LogP contribution is 2.30. The van der Waals surface area contributed by atoms with Gasteiger partial charge in [0.1, 0.15) is 4.60 Å². The summed E-state index contributed by atoms with van der Waals surface area (Å²) < 4.78 is 3.07. The molecule has 0 radical (unpaired) electrons. The molecule has 1 aromatic heterocycles. The number of hydrogen-bond donors (Lipinski definition) is 0. The zero-order chi connectivity index (χ0) is 10.3. The van der Waals surface area contributed by atoms with Gasteiger partial charge < -0.3 is 0 Å². The summed E-state index contributed by atoms with van der Waals surface area (Å²) in [5, 5.41) is 4.54. The Morgan fingerprint density at radius 2 is 1.93 bits per heavy atom. The lowest BCUT2D eigenvalue weighted by Gasteiger charge is -2.04. The summed E-state index contributed by atoms with van der Waals surface area (Å²) in [5.74, 6) is 0. The largest absolute Gasteiger partial charge is 0.236 e. The minimum Gasteiger partial charge on any atom is -0.236 e. The molecule has 1 aliphatic rings. The van der Waals surface area contributed by atoms with Gasteiger partial charge in [0, 0.05) is 11.3 Å². The Kier molecular flexibility index (Phi) is 2.13. The lowest BCUT2D eigenvalue weighted by atomic mass is 10.3. The standard InChI is InChI=1S/C12H11BrN2/c13-12-10-7-4-8-11(10)15(14-12)9-5-2-1-3-6-9/h1-3,5-6H,4,7-8H2. The molecular weight excluding hydrogens is 252 g/mol. The summed E-state index contributed by atoms with van der Waals surface area (Å²) in [6.45, 7) is 0. The monoisotopic (exact) mass is 262 g/mol. The molecule has 0 unspecified atom stereocenters. The molecule has 0 atom stereocenters. The van der Waals surface area contributed by atoms with Crippen LogP contribution >= 0.6 is 15.9 Å². The third kappa shape index (κ3) is 1.42. The smallest absolute Gasteiger partial charge is 0.132 e. The fraction of sp³-hybridized carbons (Fsp3) is 0.250. The summed E-state index contributed by atoms with van der Waals surface area (Å²) in [6.07, 6.45) is 3.55. The van der Waals surface area contributed by atoms with Crippen LogP contribution < -0.4 is 0 Å². The fourth-order valence-corrected chi connectivity index (χ4v) is 2.76. The van der Waals surface area contributed by atoms with E-state index in [9.17, 15) is 0 Å². The Bertz CT molecular complexity index is 488. The third-order valence-electron chi connectivity index (χ3n) is 2.88. The molecular formula is C12H11BrN2. The first-order valence-electron chi connectivity index (χ1n) is 5.18. The number of halogens is 1. The number of hydrogen-bond acceptors (Lipinski definition) is 1. The van der Waals surface area contributed by atoms with Gasteiger partial charge in [-0.3, -0.25) is 0 Å². The highest BCUT2D eigenvalue weighted by molar-refractivity contribution is 9.10. The molecule has 0 fully saturated rings. The van der Waals surface area contributed by atoms with E-state index in [4.69, 9.17) is 0 Å². The van der Waals surface area contributed by atoms with E-state index >= 15 is 0 Å². The zero-order valence-electron chi connectivity index (χ0n) is 8.28. The first-order valence-corrected chi connectivity index (χ1v) is 5.97. The number of benzene rings is 1. The number of nitrogens with zero attached hydrogens (tertiary/aromatic N) is 2. The van der Waals surface area contributed by atoms with Crippen LogP contribution in [0.25, 0.3) is 5.69 Å². The minimum atomic E-state index is 1.01. The van der Waals surface area contributed by atoms with E-state index in [1.165, 1.54) is 17.7 Å². The maximum Gasteiger partial charge on any atom is 0.132 e. The summed E-state index contributed by atoms with van der Waals surface area (Å²) in [6, 6.07) is 10.3. The van der Waals surface area contributed by atoms with E-state index in [0.717, 1.165) is 23.1 Å². The number of aromatic nitrogens is 2. The van der Waals surface area contributed by atoms with Gasteiger partial charge in [0.2, 0.25) is 0 Å². The molecule has 0 bridgehead atoms. The van der Waals surface area contributed by atoms with Crippen molar-refractivity contribution in [1.29, 1.82) is 0 Å². The molecule has 0 N–H and O–H groups in total. The molecule has 0 amide bonds. The molecule has 76 valence electrons. The van der Waals surface area contributed by atoms with Crippen molar-refractivity contribution in [3.63, 3.8) is 0 Å². The third-order valence-corrected chi connectivity index (χ3v) is 3.52. The lowest BCUT2D eigenvalue weighted by Crippen LogP contribution is -2.00. The van der Waals surface area contributed by atoms with Crippen molar-refractivity contribution < 1.29 is 0 Å². The molecule has 1 heterocycles. The van der Waals surface area contributed by atoms with Gasteiger partial charge in [0.05, 0.1) is 5.69 Å². The number of rotatable bonds is 1. The van der Waals surface area contributed by atoms with Gasteiger partial charge in [-0.05, 0) is 47.3 Å². The Hall–Kier alpha value is -1.09. The van der Waals surface area contributed by atoms with E-state index in [-0.39, 0.29) is 0 Å². The molecule has 2 aromatic rings. The van der Waals surface area contributed by atoms with Gasteiger partial charge in [-0.15, -0.1) is 0 Å². The molecule has 15 heavy (non-hydrogen) atoms. The van der Waals surface area contributed by atoms with Crippen LogP contribution in [-0.4, -0.2) is 9.78 Å². The van der Waals surface area contributed by atoms with Crippen LogP contribution in [0, 0.1) is 0 Å². The maximum absolute atomic E-state index is 4.54. The van der Waals surface area contributed by atoms with Crippen LogP contribution in [0.5, 0.6) is 0 Å². The van der Waals surface area contributed by atoms with Crippen LogP contribution in [-0.2, 0) is 12.8 Å². The second-order valence-corrected chi connectivity index (χ2v) is 4.57. The Morgan fingerprint density at radius 3 is 2.73 bits per heavy atom. The molecule has 2 nitrogen and oxygen atoms in total. The molecule has 3 rings (SSSR count). The van der Waals surface area contributed by atoms with Gasteiger partial charge in [-0.2, -0.15) is 5.10 Å². The van der Waals surface area contributed by atoms with Crippen LogP contribution in [0.2, 0.25) is 0 Å². The van der Waals surface area contributed by atoms with Gasteiger partial charge in [0.15, 0.2) is 0 Å². The van der Waals surface area contributed by atoms with Crippen molar-refractivity contribution in [3.05, 3.63) is 46.2 Å². The summed E-state index contributed by atoms with van der Waals surface area (Å²) in [5.41, 5.74) is 3.91. The molecule has 1 aromatic carbocycles. The predicted octanol–water partition coefficient (Wildman–Crippen LogP) is 3.12. The summed E-state index contributed by atoms with van der Waals surface area (Å²) in [4.78, 5) is 0. The van der Waals surface area contributed by atoms with Crippen molar-refractivity contribution in [2.75, 3.05) is 0 Å². The zero-order valence-corrected chi connectivity index (χ0v) is 9.87. The van der Waals surface area contributed by atoms with Crippen LogP contribution in [0.4, 0.5) is 0 Å². The van der Waals surface area contributed by atoms with Gasteiger partial charge in [0.25, 0.3) is 0 Å². The van der Waals surface area contributed by atoms with Gasteiger partial charge >= 0.3 is 0 Å². The number of para-hydroxylation sites is 1.